The molecule has 1 aliphatic rings. The molecule has 0 spiro atoms. The first-order valence-electron chi connectivity index (χ1n) is 6.88. The summed E-state index contributed by atoms with van der Waals surface area (Å²) in [5, 5.41) is 20.9. The van der Waals surface area contributed by atoms with E-state index in [0.717, 1.165) is 5.56 Å². The molecule has 0 aliphatic carbocycles. The van der Waals surface area contributed by atoms with Crippen molar-refractivity contribution in [2.24, 2.45) is 0 Å². The summed E-state index contributed by atoms with van der Waals surface area (Å²) < 4.78 is 0. The number of aliphatic hydroxyl groups is 1. The summed E-state index contributed by atoms with van der Waals surface area (Å²) in [6.45, 7) is 0.548. The molecule has 5 heteroatoms. The molecule has 5 nitrogen and oxygen atoms in total. The van der Waals surface area contributed by atoms with E-state index in [4.69, 9.17) is 0 Å². The van der Waals surface area contributed by atoms with Crippen molar-refractivity contribution in [1.29, 1.82) is 0 Å². The highest BCUT2D eigenvalue weighted by Gasteiger charge is 2.29. The molecule has 1 heterocycles. The van der Waals surface area contributed by atoms with Gasteiger partial charge in [0.1, 0.15) is 5.69 Å². The Hall–Kier alpha value is -2.40. The Morgan fingerprint density at radius 2 is 1.81 bits per heavy atom. The summed E-state index contributed by atoms with van der Waals surface area (Å²) >= 11 is 0. The van der Waals surface area contributed by atoms with Crippen molar-refractivity contribution in [2.45, 2.75) is 19.0 Å². The lowest BCUT2D eigenvalue weighted by molar-refractivity contribution is -0.384. The first-order chi connectivity index (χ1) is 10.2. The quantitative estimate of drug-likeness (QED) is 0.694. The maximum Gasteiger partial charge on any atom is 0.292 e. The summed E-state index contributed by atoms with van der Waals surface area (Å²) in [5.74, 6) is 0. The van der Waals surface area contributed by atoms with Crippen molar-refractivity contribution < 1.29 is 10.0 Å². The molecule has 0 saturated heterocycles. The van der Waals surface area contributed by atoms with E-state index in [1.165, 1.54) is 11.6 Å². The summed E-state index contributed by atoms with van der Waals surface area (Å²) in [6.07, 6.45) is 0.693. The first-order valence-corrected chi connectivity index (χ1v) is 6.88. The van der Waals surface area contributed by atoms with Crippen LogP contribution in [0.3, 0.4) is 0 Å². The Labute approximate surface area is 122 Å². The third kappa shape index (κ3) is 2.48. The fraction of sp³-hybridized carbons (Fsp3) is 0.250. The molecule has 1 atom stereocenters. The Morgan fingerprint density at radius 3 is 2.52 bits per heavy atom. The van der Waals surface area contributed by atoms with Crippen LogP contribution in [0.1, 0.15) is 11.1 Å². The van der Waals surface area contributed by atoms with Gasteiger partial charge in [-0.2, -0.15) is 0 Å². The Morgan fingerprint density at radius 1 is 1.14 bits per heavy atom. The summed E-state index contributed by atoms with van der Waals surface area (Å²) in [5.41, 5.74) is 3.00. The van der Waals surface area contributed by atoms with Crippen molar-refractivity contribution in [3.05, 3.63) is 69.8 Å². The van der Waals surface area contributed by atoms with Gasteiger partial charge in [0.25, 0.3) is 5.69 Å². The van der Waals surface area contributed by atoms with Crippen LogP contribution in [-0.4, -0.2) is 22.7 Å². The maximum atomic E-state index is 11.2. The SMILES string of the molecule is O=[N+]([O-])c1ccccc1N1Cc2ccccc2CC1CO. The lowest BCUT2D eigenvalue weighted by Gasteiger charge is -2.37. The van der Waals surface area contributed by atoms with Gasteiger partial charge in [-0.25, -0.2) is 0 Å². The van der Waals surface area contributed by atoms with Gasteiger partial charge in [0.2, 0.25) is 0 Å². The van der Waals surface area contributed by atoms with Crippen LogP contribution in [0, 0.1) is 10.1 Å². The monoisotopic (exact) mass is 284 g/mol. The predicted octanol–water partition coefficient (Wildman–Crippen LogP) is 2.52. The van der Waals surface area contributed by atoms with Crippen LogP contribution in [-0.2, 0) is 13.0 Å². The average Bonchev–Trinajstić information content (AvgIpc) is 2.53. The van der Waals surface area contributed by atoms with Crippen LogP contribution in [0.4, 0.5) is 11.4 Å². The van der Waals surface area contributed by atoms with Crippen molar-refractivity contribution in [3.63, 3.8) is 0 Å². The Bertz CT molecular complexity index is 672. The standard InChI is InChI=1S/C16H16N2O3/c19-11-14-9-12-5-1-2-6-13(12)10-17(14)15-7-3-4-8-16(15)18(20)21/h1-8,14,19H,9-11H2. The number of nitro groups is 1. The molecule has 0 radical (unpaired) electrons. The van der Waals surface area contributed by atoms with Crippen molar-refractivity contribution in [2.75, 3.05) is 11.5 Å². The van der Waals surface area contributed by atoms with Gasteiger partial charge in [0.15, 0.2) is 0 Å². The molecule has 1 unspecified atom stereocenters. The maximum absolute atomic E-state index is 11.2. The highest BCUT2D eigenvalue weighted by Crippen LogP contribution is 2.34. The highest BCUT2D eigenvalue weighted by molar-refractivity contribution is 5.64. The van der Waals surface area contributed by atoms with Crippen LogP contribution in [0.15, 0.2) is 48.5 Å². The van der Waals surface area contributed by atoms with Gasteiger partial charge < -0.3 is 10.0 Å². The smallest absolute Gasteiger partial charge is 0.292 e. The number of fused-ring (bicyclic) bond motifs is 1. The molecule has 0 bridgehead atoms. The lowest BCUT2D eigenvalue weighted by atomic mass is 9.93. The molecule has 0 fully saturated rings. The molecule has 108 valence electrons. The molecule has 1 aliphatic heterocycles. The largest absolute Gasteiger partial charge is 0.394 e. The number of para-hydroxylation sites is 2. The van der Waals surface area contributed by atoms with E-state index >= 15 is 0 Å². The molecule has 2 aromatic rings. The van der Waals surface area contributed by atoms with E-state index < -0.39 is 0 Å². The fourth-order valence-electron chi connectivity index (χ4n) is 2.89. The van der Waals surface area contributed by atoms with Gasteiger partial charge in [-0.15, -0.1) is 0 Å². The van der Waals surface area contributed by atoms with E-state index in [0.29, 0.717) is 18.7 Å². The zero-order valence-electron chi connectivity index (χ0n) is 11.5. The zero-order valence-corrected chi connectivity index (χ0v) is 11.5. The van der Waals surface area contributed by atoms with Gasteiger partial charge >= 0.3 is 0 Å². The van der Waals surface area contributed by atoms with Crippen molar-refractivity contribution in [3.8, 4) is 0 Å². The second-order valence-corrected chi connectivity index (χ2v) is 5.18. The van der Waals surface area contributed by atoms with Crippen molar-refractivity contribution >= 4 is 11.4 Å². The highest BCUT2D eigenvalue weighted by atomic mass is 16.6. The van der Waals surface area contributed by atoms with Crippen LogP contribution < -0.4 is 4.90 Å². The normalized spacial score (nSPS) is 17.4. The molecule has 1 N–H and O–H groups in total. The van der Waals surface area contributed by atoms with E-state index in [9.17, 15) is 15.2 Å². The van der Waals surface area contributed by atoms with E-state index in [1.54, 1.807) is 18.2 Å². The predicted molar refractivity (Wildman–Crippen MR) is 80.3 cm³/mol. The van der Waals surface area contributed by atoms with Gasteiger partial charge in [-0.3, -0.25) is 10.1 Å². The van der Waals surface area contributed by atoms with Crippen LogP contribution >= 0.6 is 0 Å². The van der Waals surface area contributed by atoms with Gasteiger partial charge in [-0.05, 0) is 23.6 Å². The number of aliphatic hydroxyl groups excluding tert-OH is 1. The van der Waals surface area contributed by atoms with Crippen LogP contribution in [0.2, 0.25) is 0 Å². The second kappa shape index (κ2) is 5.54. The fourth-order valence-corrected chi connectivity index (χ4v) is 2.89. The number of nitrogens with zero attached hydrogens (tertiary/aromatic N) is 2. The third-order valence-electron chi connectivity index (χ3n) is 3.95. The molecule has 2 aromatic carbocycles. The van der Waals surface area contributed by atoms with Gasteiger partial charge in [0.05, 0.1) is 17.6 Å². The van der Waals surface area contributed by atoms with E-state index in [2.05, 4.69) is 6.07 Å². The number of nitro benzene ring substituents is 1. The minimum absolute atomic E-state index is 0.0274. The zero-order chi connectivity index (χ0) is 14.8. The topological polar surface area (TPSA) is 66.6 Å². The Balaban J connectivity index is 2.04. The number of hydrogen-bond acceptors (Lipinski definition) is 4. The minimum Gasteiger partial charge on any atom is -0.394 e. The van der Waals surface area contributed by atoms with Crippen LogP contribution in [0.5, 0.6) is 0 Å². The second-order valence-electron chi connectivity index (χ2n) is 5.18. The molecular formula is C16H16N2O3. The van der Waals surface area contributed by atoms with Crippen molar-refractivity contribution in [1.82, 2.24) is 0 Å². The molecule has 21 heavy (non-hydrogen) atoms. The lowest BCUT2D eigenvalue weighted by Crippen LogP contribution is -2.43. The molecular weight excluding hydrogens is 268 g/mol. The van der Waals surface area contributed by atoms with Gasteiger partial charge in [-0.1, -0.05) is 36.4 Å². The van der Waals surface area contributed by atoms with Gasteiger partial charge in [0, 0.05) is 12.6 Å². The summed E-state index contributed by atoms with van der Waals surface area (Å²) in [6, 6.07) is 14.6. The molecule has 0 amide bonds. The number of hydrogen-bond donors (Lipinski definition) is 1. The van der Waals surface area contributed by atoms with E-state index in [-0.39, 0.29) is 23.3 Å². The molecule has 3 rings (SSSR count). The molecule has 0 aromatic heterocycles. The summed E-state index contributed by atoms with van der Waals surface area (Å²) in [7, 11) is 0. The number of rotatable bonds is 3. The Kier molecular flexibility index (Phi) is 3.58. The molecule has 0 saturated carbocycles. The average molecular weight is 284 g/mol. The number of benzene rings is 2. The van der Waals surface area contributed by atoms with E-state index in [1.807, 2.05) is 23.1 Å². The minimum atomic E-state index is -0.371. The summed E-state index contributed by atoms with van der Waals surface area (Å²) in [4.78, 5) is 12.8. The third-order valence-corrected chi connectivity index (χ3v) is 3.95. The first kappa shape index (κ1) is 13.6. The van der Waals surface area contributed by atoms with Crippen LogP contribution in [0.25, 0.3) is 0 Å². The number of anilines is 1.